The highest BCUT2D eigenvalue weighted by atomic mass is 35.5. The summed E-state index contributed by atoms with van der Waals surface area (Å²) in [6, 6.07) is 14.4. The Hall–Kier alpha value is -2.95. The number of sulfonamides is 1. The lowest BCUT2D eigenvalue weighted by molar-refractivity contribution is 0.102. The molecule has 168 valence electrons. The minimum absolute atomic E-state index is 0.00116. The summed E-state index contributed by atoms with van der Waals surface area (Å²) in [4.78, 5) is 12.4. The highest BCUT2D eigenvalue weighted by Crippen LogP contribution is 2.25. The molecule has 0 bridgehead atoms. The van der Waals surface area contributed by atoms with Crippen molar-refractivity contribution < 1.29 is 26.0 Å². The van der Waals surface area contributed by atoms with Gasteiger partial charge in [0.15, 0.2) is 9.84 Å². The molecule has 1 N–H and O–H groups in total. The molecule has 0 fully saturated rings. The summed E-state index contributed by atoms with van der Waals surface area (Å²) >= 11 is 5.70. The van der Waals surface area contributed by atoms with Crippen molar-refractivity contribution in [2.24, 2.45) is 0 Å². The first kappa shape index (κ1) is 23.7. The Labute approximate surface area is 190 Å². The van der Waals surface area contributed by atoms with E-state index in [0.717, 1.165) is 16.6 Å². The second-order valence-electron chi connectivity index (χ2n) is 6.84. The van der Waals surface area contributed by atoms with Gasteiger partial charge in [-0.05, 0) is 60.7 Å². The molecule has 1 amide bonds. The normalized spacial score (nSPS) is 11.8. The molecule has 11 heteroatoms. The molecule has 0 saturated heterocycles. The predicted molar refractivity (Wildman–Crippen MR) is 121 cm³/mol. The van der Waals surface area contributed by atoms with Crippen LogP contribution in [0, 0.1) is 5.82 Å². The van der Waals surface area contributed by atoms with Gasteiger partial charge >= 0.3 is 0 Å². The Kier molecular flexibility index (Phi) is 6.59. The number of nitrogens with zero attached hydrogens (tertiary/aromatic N) is 1. The maximum Gasteiger partial charge on any atom is 0.264 e. The molecule has 0 unspecified atom stereocenters. The zero-order valence-electron chi connectivity index (χ0n) is 16.9. The zero-order valence-corrected chi connectivity index (χ0v) is 19.3. The highest BCUT2D eigenvalue weighted by molar-refractivity contribution is 7.92. The Morgan fingerprint density at radius 2 is 1.59 bits per heavy atom. The Morgan fingerprint density at radius 3 is 2.19 bits per heavy atom. The van der Waals surface area contributed by atoms with Crippen LogP contribution in [0.15, 0.2) is 76.5 Å². The monoisotopic (exact) mass is 496 g/mol. The van der Waals surface area contributed by atoms with E-state index in [1.54, 1.807) is 0 Å². The average Bonchev–Trinajstić information content (AvgIpc) is 2.74. The third-order valence-corrected chi connectivity index (χ3v) is 7.71. The third kappa shape index (κ3) is 5.09. The molecule has 3 aromatic carbocycles. The maximum absolute atomic E-state index is 14.0. The Morgan fingerprint density at radius 1 is 0.938 bits per heavy atom. The fourth-order valence-electron chi connectivity index (χ4n) is 2.78. The minimum atomic E-state index is -4.07. The van der Waals surface area contributed by atoms with Crippen LogP contribution in [0.5, 0.6) is 0 Å². The van der Waals surface area contributed by atoms with Crippen molar-refractivity contribution in [1.29, 1.82) is 0 Å². The van der Waals surface area contributed by atoms with Gasteiger partial charge in [0.25, 0.3) is 15.9 Å². The number of nitrogens with one attached hydrogen (secondary N) is 1. The smallest absolute Gasteiger partial charge is 0.264 e. The summed E-state index contributed by atoms with van der Waals surface area (Å²) in [7, 11) is -6.19. The van der Waals surface area contributed by atoms with Crippen LogP contribution in [0.25, 0.3) is 0 Å². The number of rotatable bonds is 6. The van der Waals surface area contributed by atoms with Crippen molar-refractivity contribution in [2.45, 2.75) is 9.79 Å². The van der Waals surface area contributed by atoms with Gasteiger partial charge in [-0.1, -0.05) is 17.7 Å². The number of hydrogen-bond acceptors (Lipinski definition) is 5. The first-order valence-corrected chi connectivity index (χ1v) is 12.8. The van der Waals surface area contributed by atoms with Crippen LogP contribution in [-0.4, -0.2) is 36.0 Å². The van der Waals surface area contributed by atoms with E-state index in [2.05, 4.69) is 5.32 Å². The largest absolute Gasteiger partial charge is 0.319 e. The van der Waals surface area contributed by atoms with Gasteiger partial charge in [0.05, 0.1) is 21.2 Å². The van der Waals surface area contributed by atoms with Gasteiger partial charge in [0.2, 0.25) is 0 Å². The molecule has 0 radical (unpaired) electrons. The van der Waals surface area contributed by atoms with Crippen molar-refractivity contribution in [3.05, 3.63) is 83.1 Å². The van der Waals surface area contributed by atoms with Crippen molar-refractivity contribution in [1.82, 2.24) is 0 Å². The van der Waals surface area contributed by atoms with Gasteiger partial charge in [-0.3, -0.25) is 9.10 Å². The van der Waals surface area contributed by atoms with Crippen LogP contribution >= 0.6 is 11.6 Å². The molecule has 0 spiro atoms. The van der Waals surface area contributed by atoms with E-state index < -0.39 is 31.6 Å². The van der Waals surface area contributed by atoms with E-state index in [1.807, 2.05) is 0 Å². The first-order chi connectivity index (χ1) is 14.9. The maximum atomic E-state index is 14.0. The fourth-order valence-corrected chi connectivity index (χ4v) is 4.81. The van der Waals surface area contributed by atoms with E-state index >= 15 is 0 Å². The molecule has 7 nitrogen and oxygen atoms in total. The first-order valence-electron chi connectivity index (χ1n) is 9.05. The summed E-state index contributed by atoms with van der Waals surface area (Å²) in [5.41, 5.74) is 0.132. The van der Waals surface area contributed by atoms with E-state index in [4.69, 9.17) is 11.6 Å². The molecule has 3 aromatic rings. The van der Waals surface area contributed by atoms with Crippen LogP contribution in [0.3, 0.4) is 0 Å². The number of carbonyl (C=O) groups excluding carboxylic acids is 1. The summed E-state index contributed by atoms with van der Waals surface area (Å²) < 4.78 is 64.2. The van der Waals surface area contributed by atoms with Gasteiger partial charge in [-0.15, -0.1) is 0 Å². The SMILES string of the molecule is CN(c1ccc(S(C)(=O)=O)cc1)S(=O)(=O)c1cccc(C(=O)Nc2ccc(Cl)cc2F)c1. The van der Waals surface area contributed by atoms with Gasteiger partial charge in [0.1, 0.15) is 5.82 Å². The molecule has 32 heavy (non-hydrogen) atoms. The fraction of sp³-hybridized carbons (Fsp3) is 0.0952. The molecule has 0 aliphatic heterocycles. The Bertz CT molecular complexity index is 1390. The summed E-state index contributed by atoms with van der Waals surface area (Å²) in [5, 5.41) is 2.54. The highest BCUT2D eigenvalue weighted by Gasteiger charge is 2.23. The van der Waals surface area contributed by atoms with Crippen molar-refractivity contribution >= 4 is 48.7 Å². The lowest BCUT2D eigenvalue weighted by Crippen LogP contribution is -2.27. The second-order valence-corrected chi connectivity index (χ2v) is 11.3. The Balaban J connectivity index is 1.87. The number of sulfone groups is 1. The number of hydrogen-bond donors (Lipinski definition) is 1. The molecule has 0 aliphatic carbocycles. The van der Waals surface area contributed by atoms with E-state index in [0.29, 0.717) is 0 Å². The number of halogens is 2. The van der Waals surface area contributed by atoms with Crippen molar-refractivity contribution in [3.63, 3.8) is 0 Å². The summed E-state index contributed by atoms with van der Waals surface area (Å²) in [6.07, 6.45) is 1.05. The average molecular weight is 497 g/mol. The molecule has 0 saturated carbocycles. The lowest BCUT2D eigenvalue weighted by Gasteiger charge is -2.20. The van der Waals surface area contributed by atoms with Crippen molar-refractivity contribution in [2.75, 3.05) is 22.9 Å². The van der Waals surface area contributed by atoms with Gasteiger partial charge in [-0.25, -0.2) is 21.2 Å². The van der Waals surface area contributed by atoms with Gasteiger partial charge in [-0.2, -0.15) is 0 Å². The molecule has 0 heterocycles. The molecule has 0 aliphatic rings. The topological polar surface area (TPSA) is 101 Å². The van der Waals surface area contributed by atoms with Crippen LogP contribution in [0.4, 0.5) is 15.8 Å². The van der Waals surface area contributed by atoms with E-state index in [1.165, 1.54) is 67.7 Å². The lowest BCUT2D eigenvalue weighted by atomic mass is 10.2. The summed E-state index contributed by atoms with van der Waals surface area (Å²) in [6.45, 7) is 0. The number of anilines is 2. The molecule has 0 aromatic heterocycles. The van der Waals surface area contributed by atoms with Crippen LogP contribution in [-0.2, 0) is 19.9 Å². The van der Waals surface area contributed by atoms with E-state index in [-0.39, 0.29) is 31.8 Å². The van der Waals surface area contributed by atoms with Crippen LogP contribution in [0.1, 0.15) is 10.4 Å². The standard InChI is InChI=1S/C21H18ClFN2O5S2/c1-25(16-7-9-17(10-8-16)31(2,27)28)32(29,30)18-5-3-4-14(12-18)21(26)24-20-11-6-15(22)13-19(20)23/h3-13H,1-2H3,(H,24,26). The van der Waals surface area contributed by atoms with Crippen LogP contribution < -0.4 is 9.62 Å². The molecule has 0 atom stereocenters. The van der Waals surface area contributed by atoms with Gasteiger partial charge in [0, 0.05) is 23.9 Å². The predicted octanol–water partition coefficient (Wildman–Crippen LogP) is 3.96. The minimum Gasteiger partial charge on any atom is -0.319 e. The second kappa shape index (κ2) is 8.89. The molecule has 3 rings (SSSR count). The number of carbonyl (C=O) groups is 1. The summed E-state index contributed by atoms with van der Waals surface area (Å²) in [5.74, 6) is -1.43. The molecular weight excluding hydrogens is 479 g/mol. The number of amides is 1. The quantitative estimate of drug-likeness (QED) is 0.556. The third-order valence-electron chi connectivity index (χ3n) is 4.56. The van der Waals surface area contributed by atoms with Crippen molar-refractivity contribution in [3.8, 4) is 0 Å². The molecular formula is C21H18ClFN2O5S2. The van der Waals surface area contributed by atoms with Gasteiger partial charge < -0.3 is 5.32 Å². The zero-order chi connectivity index (χ0) is 23.7. The van der Waals surface area contributed by atoms with Crippen LogP contribution in [0.2, 0.25) is 5.02 Å². The number of benzene rings is 3. The van der Waals surface area contributed by atoms with E-state index in [9.17, 15) is 26.0 Å².